The lowest BCUT2D eigenvalue weighted by Gasteiger charge is -2.34. The van der Waals surface area contributed by atoms with Gasteiger partial charge in [-0.2, -0.15) is 0 Å². The number of amides is 1. The Labute approximate surface area is 123 Å². The van der Waals surface area contributed by atoms with E-state index < -0.39 is 0 Å². The summed E-state index contributed by atoms with van der Waals surface area (Å²) in [6.45, 7) is 3.31. The molecule has 1 saturated carbocycles. The first-order valence-corrected chi connectivity index (χ1v) is 8.85. The predicted molar refractivity (Wildman–Crippen MR) is 81.5 cm³/mol. The Morgan fingerprint density at radius 2 is 1.90 bits per heavy atom. The van der Waals surface area contributed by atoms with Crippen molar-refractivity contribution in [2.24, 2.45) is 11.8 Å². The van der Waals surface area contributed by atoms with Crippen molar-refractivity contribution in [1.82, 2.24) is 10.2 Å². The van der Waals surface area contributed by atoms with Gasteiger partial charge in [0.1, 0.15) is 0 Å². The molecular weight excluding hydrogens is 248 g/mol. The van der Waals surface area contributed by atoms with E-state index >= 15 is 0 Å². The quantitative estimate of drug-likeness (QED) is 0.857. The Hall–Kier alpha value is -0.570. The van der Waals surface area contributed by atoms with E-state index in [9.17, 15) is 4.79 Å². The van der Waals surface area contributed by atoms with Crippen LogP contribution >= 0.6 is 0 Å². The molecule has 3 heteroatoms. The van der Waals surface area contributed by atoms with Crippen molar-refractivity contribution in [2.45, 2.75) is 70.3 Å². The van der Waals surface area contributed by atoms with E-state index in [1.807, 2.05) is 0 Å². The average molecular weight is 278 g/mol. The Kier molecular flexibility index (Phi) is 4.98. The topological polar surface area (TPSA) is 32.3 Å². The summed E-state index contributed by atoms with van der Waals surface area (Å²) in [4.78, 5) is 14.8. The molecule has 3 aliphatic rings. The van der Waals surface area contributed by atoms with Crippen LogP contribution in [0.2, 0.25) is 0 Å². The Bertz CT molecular complexity index is 319. The standard InChI is InChI=1S/C17H30N2O/c20-17(10-9-14-5-1-2-6-14)19-12-4-8-16(19)15-7-3-11-18-13-15/h14-16,18H,1-13H2. The first-order valence-electron chi connectivity index (χ1n) is 8.85. The summed E-state index contributed by atoms with van der Waals surface area (Å²) in [5.74, 6) is 2.00. The Morgan fingerprint density at radius 1 is 1.05 bits per heavy atom. The second-order valence-corrected chi connectivity index (χ2v) is 7.09. The van der Waals surface area contributed by atoms with Gasteiger partial charge in [-0.3, -0.25) is 4.79 Å². The molecule has 2 saturated heterocycles. The van der Waals surface area contributed by atoms with Gasteiger partial charge in [0.05, 0.1) is 0 Å². The van der Waals surface area contributed by atoms with E-state index in [2.05, 4.69) is 10.2 Å². The molecule has 3 nitrogen and oxygen atoms in total. The maximum absolute atomic E-state index is 12.6. The minimum Gasteiger partial charge on any atom is -0.339 e. The second kappa shape index (κ2) is 6.93. The van der Waals surface area contributed by atoms with E-state index in [1.165, 1.54) is 57.9 Å². The van der Waals surface area contributed by atoms with Crippen LogP contribution in [0.25, 0.3) is 0 Å². The highest BCUT2D eigenvalue weighted by atomic mass is 16.2. The summed E-state index contributed by atoms with van der Waals surface area (Å²) in [7, 11) is 0. The lowest BCUT2D eigenvalue weighted by molar-refractivity contribution is -0.133. The van der Waals surface area contributed by atoms with Gasteiger partial charge in [0, 0.05) is 19.0 Å². The minimum atomic E-state index is 0.449. The predicted octanol–water partition coefficient (Wildman–Crippen LogP) is 2.95. The van der Waals surface area contributed by atoms with Gasteiger partial charge < -0.3 is 10.2 Å². The highest BCUT2D eigenvalue weighted by Gasteiger charge is 2.35. The number of carbonyl (C=O) groups is 1. The average Bonchev–Trinajstić information content (AvgIpc) is 3.17. The van der Waals surface area contributed by atoms with E-state index in [4.69, 9.17) is 0 Å². The first kappa shape index (κ1) is 14.4. The summed E-state index contributed by atoms with van der Waals surface area (Å²) in [6, 6.07) is 0.541. The molecule has 3 rings (SSSR count). The molecule has 0 aromatic heterocycles. The lowest BCUT2D eigenvalue weighted by atomic mass is 9.90. The molecule has 0 aromatic carbocycles. The third kappa shape index (κ3) is 3.36. The number of carbonyl (C=O) groups excluding carboxylic acids is 1. The summed E-state index contributed by atoms with van der Waals surface area (Å²) in [6.07, 6.45) is 12.5. The van der Waals surface area contributed by atoms with E-state index in [1.54, 1.807) is 0 Å². The van der Waals surface area contributed by atoms with Gasteiger partial charge >= 0.3 is 0 Å². The maximum atomic E-state index is 12.6. The molecule has 1 amide bonds. The van der Waals surface area contributed by atoms with Gasteiger partial charge in [-0.15, -0.1) is 0 Å². The zero-order valence-corrected chi connectivity index (χ0v) is 12.8. The molecule has 1 aliphatic carbocycles. The number of hydrogen-bond acceptors (Lipinski definition) is 2. The van der Waals surface area contributed by atoms with Crippen molar-refractivity contribution in [3.8, 4) is 0 Å². The SMILES string of the molecule is O=C(CCC1CCCC1)N1CCCC1C1CCCNC1. The molecule has 2 unspecified atom stereocenters. The lowest BCUT2D eigenvalue weighted by Crippen LogP contribution is -2.45. The fraction of sp³-hybridized carbons (Fsp3) is 0.941. The summed E-state index contributed by atoms with van der Waals surface area (Å²) >= 11 is 0. The molecule has 2 atom stereocenters. The van der Waals surface area contributed by atoms with Gasteiger partial charge in [0.25, 0.3) is 0 Å². The molecule has 3 fully saturated rings. The molecule has 0 radical (unpaired) electrons. The van der Waals surface area contributed by atoms with Crippen LogP contribution in [-0.2, 0) is 4.79 Å². The van der Waals surface area contributed by atoms with Crippen LogP contribution < -0.4 is 5.32 Å². The van der Waals surface area contributed by atoms with Gasteiger partial charge in [0.15, 0.2) is 0 Å². The van der Waals surface area contributed by atoms with Crippen molar-refractivity contribution >= 4 is 5.91 Å². The van der Waals surface area contributed by atoms with Gasteiger partial charge in [-0.1, -0.05) is 25.7 Å². The molecule has 2 aliphatic heterocycles. The smallest absolute Gasteiger partial charge is 0.222 e. The molecule has 1 N–H and O–H groups in total. The summed E-state index contributed by atoms with van der Waals surface area (Å²) in [5.41, 5.74) is 0. The first-order chi connectivity index (χ1) is 9.84. The zero-order chi connectivity index (χ0) is 13.8. The molecule has 2 heterocycles. The second-order valence-electron chi connectivity index (χ2n) is 7.09. The third-order valence-electron chi connectivity index (χ3n) is 5.74. The van der Waals surface area contributed by atoms with Crippen LogP contribution in [-0.4, -0.2) is 36.5 Å². The van der Waals surface area contributed by atoms with Crippen LogP contribution in [0.15, 0.2) is 0 Å². The number of likely N-dealkylation sites (tertiary alicyclic amines) is 1. The monoisotopic (exact) mass is 278 g/mol. The van der Waals surface area contributed by atoms with Gasteiger partial charge in [-0.05, 0) is 57.0 Å². The van der Waals surface area contributed by atoms with Crippen LogP contribution in [0, 0.1) is 11.8 Å². The van der Waals surface area contributed by atoms with E-state index in [0.717, 1.165) is 31.8 Å². The molecule has 114 valence electrons. The number of nitrogens with one attached hydrogen (secondary N) is 1. The zero-order valence-electron chi connectivity index (χ0n) is 12.8. The van der Waals surface area contributed by atoms with Crippen molar-refractivity contribution in [2.75, 3.05) is 19.6 Å². The van der Waals surface area contributed by atoms with Crippen LogP contribution in [0.4, 0.5) is 0 Å². The van der Waals surface area contributed by atoms with Crippen molar-refractivity contribution in [3.63, 3.8) is 0 Å². The maximum Gasteiger partial charge on any atom is 0.222 e. The summed E-state index contributed by atoms with van der Waals surface area (Å²) in [5, 5.41) is 3.51. The number of nitrogens with zero attached hydrogens (tertiary/aromatic N) is 1. The number of hydrogen-bond donors (Lipinski definition) is 1. The fourth-order valence-corrected chi connectivity index (χ4v) is 4.57. The van der Waals surface area contributed by atoms with Crippen LogP contribution in [0.3, 0.4) is 0 Å². The largest absolute Gasteiger partial charge is 0.339 e. The van der Waals surface area contributed by atoms with E-state index in [-0.39, 0.29) is 0 Å². The van der Waals surface area contributed by atoms with Crippen molar-refractivity contribution < 1.29 is 4.79 Å². The Morgan fingerprint density at radius 3 is 2.65 bits per heavy atom. The molecule has 0 bridgehead atoms. The highest BCUT2D eigenvalue weighted by molar-refractivity contribution is 5.76. The molecule has 0 aromatic rings. The number of piperidine rings is 1. The number of rotatable bonds is 4. The summed E-state index contributed by atoms with van der Waals surface area (Å²) < 4.78 is 0. The Balaban J connectivity index is 1.49. The fourth-order valence-electron chi connectivity index (χ4n) is 4.57. The van der Waals surface area contributed by atoms with Gasteiger partial charge in [-0.25, -0.2) is 0 Å². The normalized spacial score (nSPS) is 31.9. The van der Waals surface area contributed by atoms with Crippen LogP contribution in [0.5, 0.6) is 0 Å². The molecule has 20 heavy (non-hydrogen) atoms. The van der Waals surface area contributed by atoms with Gasteiger partial charge in [0.2, 0.25) is 5.91 Å². The van der Waals surface area contributed by atoms with E-state index in [0.29, 0.717) is 17.9 Å². The molecular formula is C17H30N2O. The highest BCUT2D eigenvalue weighted by Crippen LogP contribution is 2.31. The third-order valence-corrected chi connectivity index (χ3v) is 5.74. The minimum absolute atomic E-state index is 0.449. The van der Waals surface area contributed by atoms with Crippen molar-refractivity contribution in [3.05, 3.63) is 0 Å². The van der Waals surface area contributed by atoms with Crippen molar-refractivity contribution in [1.29, 1.82) is 0 Å². The van der Waals surface area contributed by atoms with Crippen LogP contribution in [0.1, 0.15) is 64.2 Å². The molecule has 0 spiro atoms.